The van der Waals surface area contributed by atoms with Gasteiger partial charge >= 0.3 is 5.97 Å². The van der Waals surface area contributed by atoms with Gasteiger partial charge in [0.1, 0.15) is 5.82 Å². The number of amides is 2. The van der Waals surface area contributed by atoms with Crippen LogP contribution in [0.1, 0.15) is 22.8 Å². The van der Waals surface area contributed by atoms with E-state index in [4.69, 9.17) is 10.5 Å². The Labute approximate surface area is 143 Å². The molecular formula is C18H17FN2O4. The van der Waals surface area contributed by atoms with Crippen molar-refractivity contribution in [2.75, 3.05) is 5.32 Å². The first-order valence-electron chi connectivity index (χ1n) is 7.50. The zero-order valence-corrected chi connectivity index (χ0v) is 13.5. The summed E-state index contributed by atoms with van der Waals surface area (Å²) in [5.74, 6) is -2.34. The van der Waals surface area contributed by atoms with Gasteiger partial charge < -0.3 is 15.8 Å². The second-order valence-corrected chi connectivity index (χ2v) is 5.33. The van der Waals surface area contributed by atoms with Crippen molar-refractivity contribution >= 4 is 23.5 Å². The molecule has 1 atom stereocenters. The van der Waals surface area contributed by atoms with Gasteiger partial charge in [-0.25, -0.2) is 4.39 Å². The van der Waals surface area contributed by atoms with Crippen molar-refractivity contribution in [3.8, 4) is 0 Å². The third kappa shape index (κ3) is 5.13. The quantitative estimate of drug-likeness (QED) is 0.784. The number of ether oxygens (including phenoxy) is 1. The fourth-order valence-corrected chi connectivity index (χ4v) is 2.05. The maximum absolute atomic E-state index is 13.5. The van der Waals surface area contributed by atoms with Crippen molar-refractivity contribution < 1.29 is 23.5 Å². The second-order valence-electron chi connectivity index (χ2n) is 5.33. The second kappa shape index (κ2) is 8.05. The summed E-state index contributed by atoms with van der Waals surface area (Å²) in [7, 11) is 0. The molecule has 0 aliphatic rings. The number of anilines is 1. The molecule has 2 rings (SSSR count). The summed E-state index contributed by atoms with van der Waals surface area (Å²) in [6.07, 6.45) is -1.33. The van der Waals surface area contributed by atoms with Crippen molar-refractivity contribution in [2.24, 2.45) is 5.73 Å². The third-order valence-corrected chi connectivity index (χ3v) is 3.41. The molecule has 0 aromatic heterocycles. The molecule has 7 heteroatoms. The molecule has 2 aromatic carbocycles. The maximum Gasteiger partial charge on any atom is 0.311 e. The van der Waals surface area contributed by atoms with Crippen LogP contribution >= 0.6 is 0 Å². The summed E-state index contributed by atoms with van der Waals surface area (Å²) in [6.45, 7) is 1.41. The Kier molecular flexibility index (Phi) is 5.84. The average molecular weight is 344 g/mol. The molecule has 0 saturated heterocycles. The number of primary amides is 1. The lowest BCUT2D eigenvalue weighted by atomic mass is 10.1. The summed E-state index contributed by atoms with van der Waals surface area (Å²) in [5.41, 5.74) is 6.06. The highest BCUT2D eigenvalue weighted by atomic mass is 19.1. The Morgan fingerprint density at radius 2 is 1.76 bits per heavy atom. The molecule has 0 bridgehead atoms. The van der Waals surface area contributed by atoms with Gasteiger partial charge in [0.2, 0.25) is 5.91 Å². The highest BCUT2D eigenvalue weighted by Crippen LogP contribution is 2.11. The number of halogens is 1. The summed E-state index contributed by atoms with van der Waals surface area (Å²) in [4.78, 5) is 34.9. The molecule has 0 spiro atoms. The van der Waals surface area contributed by atoms with Gasteiger partial charge in [-0.3, -0.25) is 14.4 Å². The van der Waals surface area contributed by atoms with Crippen molar-refractivity contribution in [2.45, 2.75) is 19.4 Å². The molecule has 0 saturated carbocycles. The molecule has 2 aromatic rings. The van der Waals surface area contributed by atoms with Crippen LogP contribution in [0.3, 0.4) is 0 Å². The number of nitrogens with two attached hydrogens (primary N) is 1. The first kappa shape index (κ1) is 18.1. The van der Waals surface area contributed by atoms with Crippen molar-refractivity contribution in [1.29, 1.82) is 0 Å². The van der Waals surface area contributed by atoms with Gasteiger partial charge in [0.25, 0.3) is 5.91 Å². The molecule has 25 heavy (non-hydrogen) atoms. The van der Waals surface area contributed by atoms with E-state index in [9.17, 15) is 18.8 Å². The van der Waals surface area contributed by atoms with Crippen molar-refractivity contribution in [1.82, 2.24) is 0 Å². The number of carbonyl (C=O) groups is 3. The van der Waals surface area contributed by atoms with E-state index < -0.39 is 29.7 Å². The molecule has 2 amide bonds. The van der Waals surface area contributed by atoms with E-state index in [1.54, 1.807) is 6.07 Å². The molecule has 0 heterocycles. The predicted octanol–water partition coefficient (Wildman–Crippen LogP) is 2.04. The molecular weight excluding hydrogens is 327 g/mol. The standard InChI is InChI=1S/C18H17FN2O4/c1-11(25-16(22)10-13-4-2-3-5-15(13)19)18(24)21-14-8-6-12(7-9-14)17(20)23/h2-9,11H,10H2,1H3,(H2,20,23)(H,21,24)/t11-/m0/s1. The van der Waals surface area contributed by atoms with E-state index >= 15 is 0 Å². The number of benzene rings is 2. The van der Waals surface area contributed by atoms with Crippen LogP contribution < -0.4 is 11.1 Å². The zero-order valence-electron chi connectivity index (χ0n) is 13.5. The number of esters is 1. The molecule has 0 radical (unpaired) electrons. The van der Waals surface area contributed by atoms with Gasteiger partial charge in [0.05, 0.1) is 6.42 Å². The predicted molar refractivity (Wildman–Crippen MR) is 89.2 cm³/mol. The summed E-state index contributed by atoms with van der Waals surface area (Å²) in [5, 5.41) is 2.55. The van der Waals surface area contributed by atoms with E-state index in [0.717, 1.165) is 0 Å². The Balaban J connectivity index is 1.90. The molecule has 6 nitrogen and oxygen atoms in total. The number of nitrogens with one attached hydrogen (secondary N) is 1. The lowest BCUT2D eigenvalue weighted by Crippen LogP contribution is -2.30. The number of hydrogen-bond acceptors (Lipinski definition) is 4. The topological polar surface area (TPSA) is 98.5 Å². The minimum atomic E-state index is -1.06. The highest BCUT2D eigenvalue weighted by Gasteiger charge is 2.19. The number of hydrogen-bond donors (Lipinski definition) is 2. The van der Waals surface area contributed by atoms with E-state index in [1.165, 1.54) is 49.4 Å². The minimum Gasteiger partial charge on any atom is -0.452 e. The first-order chi connectivity index (χ1) is 11.9. The van der Waals surface area contributed by atoms with Crippen molar-refractivity contribution in [3.63, 3.8) is 0 Å². The molecule has 0 fully saturated rings. The lowest BCUT2D eigenvalue weighted by Gasteiger charge is -2.14. The number of rotatable bonds is 6. The van der Waals surface area contributed by atoms with Gasteiger partial charge in [-0.2, -0.15) is 0 Å². The Morgan fingerprint density at radius 1 is 1.12 bits per heavy atom. The van der Waals surface area contributed by atoms with E-state index in [-0.39, 0.29) is 12.0 Å². The Morgan fingerprint density at radius 3 is 2.36 bits per heavy atom. The van der Waals surface area contributed by atoms with Crippen LogP contribution in [-0.4, -0.2) is 23.9 Å². The van der Waals surface area contributed by atoms with Crippen LogP contribution in [0.2, 0.25) is 0 Å². The van der Waals surface area contributed by atoms with E-state index in [2.05, 4.69) is 5.32 Å². The zero-order chi connectivity index (χ0) is 18.4. The Bertz CT molecular complexity index is 790. The van der Waals surface area contributed by atoms with E-state index in [0.29, 0.717) is 11.3 Å². The van der Waals surface area contributed by atoms with Crippen LogP contribution in [0, 0.1) is 5.82 Å². The first-order valence-corrected chi connectivity index (χ1v) is 7.50. The molecule has 130 valence electrons. The SMILES string of the molecule is C[C@H](OC(=O)Cc1ccccc1F)C(=O)Nc1ccc(C(N)=O)cc1. The summed E-state index contributed by atoms with van der Waals surface area (Å²) >= 11 is 0. The summed E-state index contributed by atoms with van der Waals surface area (Å²) in [6, 6.07) is 11.8. The van der Waals surface area contributed by atoms with Crippen LogP contribution in [0.15, 0.2) is 48.5 Å². The van der Waals surface area contributed by atoms with Gasteiger partial charge in [0.15, 0.2) is 6.10 Å². The van der Waals surface area contributed by atoms with Crippen LogP contribution in [0.5, 0.6) is 0 Å². The maximum atomic E-state index is 13.5. The van der Waals surface area contributed by atoms with Gasteiger partial charge in [0, 0.05) is 11.3 Å². The Hall–Kier alpha value is -3.22. The van der Waals surface area contributed by atoms with Crippen molar-refractivity contribution in [3.05, 3.63) is 65.5 Å². The smallest absolute Gasteiger partial charge is 0.311 e. The van der Waals surface area contributed by atoms with Gasteiger partial charge in [-0.15, -0.1) is 0 Å². The van der Waals surface area contributed by atoms with Crippen LogP contribution in [0.25, 0.3) is 0 Å². The van der Waals surface area contributed by atoms with E-state index in [1.807, 2.05) is 0 Å². The van der Waals surface area contributed by atoms with Crippen LogP contribution in [-0.2, 0) is 20.7 Å². The molecule has 0 unspecified atom stereocenters. The van der Waals surface area contributed by atoms with Gasteiger partial charge in [-0.1, -0.05) is 18.2 Å². The fraction of sp³-hybridized carbons (Fsp3) is 0.167. The highest BCUT2D eigenvalue weighted by molar-refractivity contribution is 5.96. The monoisotopic (exact) mass is 344 g/mol. The van der Waals surface area contributed by atoms with Crippen LogP contribution in [0.4, 0.5) is 10.1 Å². The lowest BCUT2D eigenvalue weighted by molar-refractivity contribution is -0.152. The molecule has 3 N–H and O–H groups in total. The molecule has 0 aliphatic carbocycles. The third-order valence-electron chi connectivity index (χ3n) is 3.41. The fourth-order valence-electron chi connectivity index (χ4n) is 2.05. The molecule has 0 aliphatic heterocycles. The van der Waals surface area contributed by atoms with Gasteiger partial charge in [-0.05, 0) is 42.8 Å². The summed E-state index contributed by atoms with van der Waals surface area (Å²) < 4.78 is 18.5. The number of carbonyl (C=O) groups excluding carboxylic acids is 3. The average Bonchev–Trinajstić information content (AvgIpc) is 2.57. The minimum absolute atomic E-state index is 0.196. The normalized spacial score (nSPS) is 11.4. The largest absolute Gasteiger partial charge is 0.452 e.